The van der Waals surface area contributed by atoms with Gasteiger partial charge in [-0.1, -0.05) is 27.2 Å². The van der Waals surface area contributed by atoms with Gasteiger partial charge in [0.15, 0.2) is 6.23 Å². The number of barbiturate groups is 1. The third-order valence-corrected chi connectivity index (χ3v) is 5.69. The van der Waals surface area contributed by atoms with Crippen molar-refractivity contribution in [2.75, 3.05) is 6.61 Å². The van der Waals surface area contributed by atoms with E-state index in [0.29, 0.717) is 11.3 Å². The topological polar surface area (TPSA) is 157 Å². The maximum Gasteiger partial charge on any atom is 0.333 e. The molecule has 2 rings (SSSR count). The van der Waals surface area contributed by atoms with Crippen molar-refractivity contribution in [2.24, 2.45) is 11.3 Å². The number of nitrogens with zero attached hydrogens (tertiary/aromatic N) is 1. The van der Waals surface area contributed by atoms with Crippen LogP contribution in [0.3, 0.4) is 0 Å². The molecule has 2 heterocycles. The van der Waals surface area contributed by atoms with Crippen LogP contribution < -0.4 is 5.32 Å². The number of hydrogen-bond acceptors (Lipinski definition) is 8. The Kier molecular flexibility index (Phi) is 6.59. The molecule has 0 bridgehead atoms. The Bertz CT molecular complexity index is 597. The normalized spacial score (nSPS) is 38.7. The Balaban J connectivity index is 2.44. The highest BCUT2D eigenvalue weighted by Gasteiger charge is 2.59. The number of aliphatic hydroxyl groups is 4. The minimum atomic E-state index is -1.80. The zero-order valence-corrected chi connectivity index (χ0v) is 15.7. The zero-order chi connectivity index (χ0) is 20.5. The Hall–Kier alpha value is -1.59. The molecule has 2 saturated heterocycles. The van der Waals surface area contributed by atoms with E-state index >= 15 is 0 Å². The van der Waals surface area contributed by atoms with Crippen molar-refractivity contribution >= 4 is 17.8 Å². The van der Waals surface area contributed by atoms with E-state index in [0.717, 1.165) is 6.42 Å². The molecule has 0 saturated carbocycles. The second-order valence-corrected chi connectivity index (χ2v) is 7.17. The fourth-order valence-electron chi connectivity index (χ4n) is 3.97. The largest absolute Gasteiger partial charge is 0.394 e. The fourth-order valence-corrected chi connectivity index (χ4v) is 3.97. The first-order valence-electron chi connectivity index (χ1n) is 9.16. The monoisotopic (exact) mass is 388 g/mol. The van der Waals surface area contributed by atoms with Gasteiger partial charge in [0.25, 0.3) is 0 Å². The lowest BCUT2D eigenvalue weighted by molar-refractivity contribution is -0.258. The Morgan fingerprint density at radius 3 is 2.30 bits per heavy atom. The van der Waals surface area contributed by atoms with Crippen molar-refractivity contribution in [3.05, 3.63) is 0 Å². The molecule has 10 nitrogen and oxygen atoms in total. The summed E-state index contributed by atoms with van der Waals surface area (Å²) in [6.07, 6.45) is -6.70. The number of ether oxygens (including phenoxy) is 1. The van der Waals surface area contributed by atoms with Gasteiger partial charge >= 0.3 is 6.03 Å². The summed E-state index contributed by atoms with van der Waals surface area (Å²) in [5, 5.41) is 41.6. The Morgan fingerprint density at radius 2 is 1.78 bits per heavy atom. The molecule has 2 aliphatic rings. The molecule has 7 atom stereocenters. The van der Waals surface area contributed by atoms with Crippen molar-refractivity contribution in [2.45, 2.75) is 70.7 Å². The number of amides is 4. The van der Waals surface area contributed by atoms with E-state index in [1.165, 1.54) is 0 Å². The van der Waals surface area contributed by atoms with Crippen molar-refractivity contribution in [3.63, 3.8) is 0 Å². The third-order valence-electron chi connectivity index (χ3n) is 5.69. The van der Waals surface area contributed by atoms with Crippen LogP contribution >= 0.6 is 0 Å². The first-order chi connectivity index (χ1) is 12.7. The molecular weight excluding hydrogens is 360 g/mol. The van der Waals surface area contributed by atoms with Gasteiger partial charge in [0.2, 0.25) is 11.8 Å². The molecular formula is C17H28N2O8. The second kappa shape index (κ2) is 8.19. The Morgan fingerprint density at radius 1 is 1.15 bits per heavy atom. The number of rotatable bonds is 6. The molecule has 0 aromatic heterocycles. The van der Waals surface area contributed by atoms with Crippen LogP contribution in [0.5, 0.6) is 0 Å². The maximum atomic E-state index is 13.3. The van der Waals surface area contributed by atoms with Crippen LogP contribution in [0.4, 0.5) is 4.79 Å². The first-order valence-corrected chi connectivity index (χ1v) is 9.16. The third kappa shape index (κ3) is 3.36. The predicted molar refractivity (Wildman–Crippen MR) is 90.9 cm³/mol. The van der Waals surface area contributed by atoms with Gasteiger partial charge in [0.05, 0.1) is 6.61 Å². The van der Waals surface area contributed by atoms with Crippen LogP contribution in [-0.4, -0.2) is 80.4 Å². The molecule has 10 heteroatoms. The molecule has 4 amide bonds. The summed E-state index contributed by atoms with van der Waals surface area (Å²) in [4.78, 5) is 38.9. The van der Waals surface area contributed by atoms with Gasteiger partial charge in [-0.25, -0.2) is 9.69 Å². The number of urea groups is 1. The average Bonchev–Trinajstić information content (AvgIpc) is 2.62. The number of carbonyl (C=O) groups excluding carboxylic acids is 3. The van der Waals surface area contributed by atoms with E-state index in [2.05, 4.69) is 5.32 Å². The van der Waals surface area contributed by atoms with E-state index in [-0.39, 0.29) is 12.3 Å². The number of carbonyl (C=O) groups is 3. The summed E-state index contributed by atoms with van der Waals surface area (Å²) in [7, 11) is 0. The molecule has 2 aliphatic heterocycles. The molecule has 0 radical (unpaired) electrons. The smallest absolute Gasteiger partial charge is 0.333 e. The molecule has 0 unspecified atom stereocenters. The number of nitrogens with one attached hydrogen (secondary N) is 1. The van der Waals surface area contributed by atoms with Gasteiger partial charge in [-0.05, 0) is 18.8 Å². The summed E-state index contributed by atoms with van der Waals surface area (Å²) < 4.78 is 5.35. The summed E-state index contributed by atoms with van der Waals surface area (Å²) in [6, 6.07) is -1.08. The van der Waals surface area contributed by atoms with Gasteiger partial charge in [0, 0.05) is 0 Å². The standard InChI is InChI=1S/C17H28N2O8/c1-4-6-8(3)17(5-2)14(24)18-16(26)19(15(17)25)13-12(23)11(22)10(21)9(7-20)27-13/h8-13,20-23H,4-7H2,1-3H3,(H,18,24,26)/t8-,9+,10+,11-,12+,13+,17+/m0/s1. The summed E-state index contributed by atoms with van der Waals surface area (Å²) >= 11 is 0. The van der Waals surface area contributed by atoms with Crippen LogP contribution in [0.25, 0.3) is 0 Å². The quantitative estimate of drug-likeness (QED) is 0.351. The molecule has 2 fully saturated rings. The molecule has 0 spiro atoms. The van der Waals surface area contributed by atoms with Crippen molar-refractivity contribution in [1.29, 1.82) is 0 Å². The van der Waals surface area contributed by atoms with E-state index in [1.54, 1.807) is 13.8 Å². The van der Waals surface area contributed by atoms with E-state index in [1.807, 2.05) is 6.92 Å². The van der Waals surface area contributed by atoms with Crippen molar-refractivity contribution < 1.29 is 39.5 Å². The lowest BCUT2D eigenvalue weighted by atomic mass is 9.69. The van der Waals surface area contributed by atoms with Gasteiger partial charge < -0.3 is 25.2 Å². The lowest BCUT2D eigenvalue weighted by Crippen LogP contribution is -2.72. The molecule has 5 N–H and O–H groups in total. The highest BCUT2D eigenvalue weighted by molar-refractivity contribution is 6.19. The number of imide groups is 2. The van der Waals surface area contributed by atoms with Gasteiger partial charge in [0.1, 0.15) is 29.8 Å². The predicted octanol–water partition coefficient (Wildman–Crippen LogP) is -1.30. The first kappa shape index (κ1) is 21.7. The summed E-state index contributed by atoms with van der Waals surface area (Å²) in [5.41, 5.74) is -1.53. The Labute approximate surface area is 157 Å². The van der Waals surface area contributed by atoms with Gasteiger partial charge in [-0.3, -0.25) is 14.9 Å². The van der Waals surface area contributed by atoms with Crippen LogP contribution in [0.1, 0.15) is 40.0 Å². The molecule has 0 aliphatic carbocycles. The zero-order valence-electron chi connectivity index (χ0n) is 15.7. The summed E-state index contributed by atoms with van der Waals surface area (Å²) in [5.74, 6) is -1.92. The minimum absolute atomic E-state index is 0.125. The van der Waals surface area contributed by atoms with Gasteiger partial charge in [-0.15, -0.1) is 0 Å². The molecule has 0 aromatic carbocycles. The van der Waals surface area contributed by atoms with E-state index < -0.39 is 60.5 Å². The minimum Gasteiger partial charge on any atom is -0.394 e. The average molecular weight is 388 g/mol. The number of aliphatic hydroxyl groups excluding tert-OH is 4. The van der Waals surface area contributed by atoms with Crippen LogP contribution in [0, 0.1) is 11.3 Å². The summed E-state index contributed by atoms with van der Waals surface area (Å²) in [6.45, 7) is 4.61. The van der Waals surface area contributed by atoms with Gasteiger partial charge in [-0.2, -0.15) is 0 Å². The number of hydrogen-bond donors (Lipinski definition) is 5. The molecule has 27 heavy (non-hydrogen) atoms. The van der Waals surface area contributed by atoms with E-state index in [9.17, 15) is 34.8 Å². The molecule has 0 aromatic rings. The highest BCUT2D eigenvalue weighted by atomic mass is 16.6. The molecule has 154 valence electrons. The maximum absolute atomic E-state index is 13.3. The van der Waals surface area contributed by atoms with Crippen molar-refractivity contribution in [3.8, 4) is 0 Å². The van der Waals surface area contributed by atoms with Crippen LogP contribution in [0.2, 0.25) is 0 Å². The highest BCUT2D eigenvalue weighted by Crippen LogP contribution is 2.40. The van der Waals surface area contributed by atoms with Crippen LogP contribution in [-0.2, 0) is 14.3 Å². The van der Waals surface area contributed by atoms with Crippen LogP contribution in [0.15, 0.2) is 0 Å². The van der Waals surface area contributed by atoms with Crippen molar-refractivity contribution in [1.82, 2.24) is 10.2 Å². The lowest BCUT2D eigenvalue weighted by Gasteiger charge is -2.48. The second-order valence-electron chi connectivity index (χ2n) is 7.17. The fraction of sp³-hybridized carbons (Fsp3) is 0.824. The van der Waals surface area contributed by atoms with E-state index in [4.69, 9.17) is 4.74 Å². The SMILES string of the molecule is CCC[C@H](C)[C@]1(CC)C(=O)NC(=O)N([C@@H]2O[C@H](CO)[C@@H](O)[C@H](O)[C@H]2O)C1=O.